The van der Waals surface area contributed by atoms with E-state index in [9.17, 15) is 39.0 Å². The first-order valence-electron chi connectivity index (χ1n) is 20.9. The highest BCUT2D eigenvalue weighted by atomic mass is 16.8. The predicted molar refractivity (Wildman–Crippen MR) is 220 cm³/mol. The van der Waals surface area contributed by atoms with Gasteiger partial charge in [0.1, 0.15) is 11.7 Å². The van der Waals surface area contributed by atoms with Crippen LogP contribution in [-0.2, 0) is 52.3 Å². The fraction of sp³-hybridized carbons (Fsp3) is 0.622. The average molecular weight is 899 g/mol. The van der Waals surface area contributed by atoms with Crippen molar-refractivity contribution in [1.29, 1.82) is 0 Å². The van der Waals surface area contributed by atoms with E-state index >= 15 is 4.79 Å². The number of ether oxygens (including phenoxy) is 8. The third-order valence-electron chi connectivity index (χ3n) is 13.0. The maximum absolute atomic E-state index is 15.8. The molecule has 0 aromatic heterocycles. The van der Waals surface area contributed by atoms with Crippen molar-refractivity contribution in [3.63, 3.8) is 0 Å². The number of amides is 2. The summed E-state index contributed by atoms with van der Waals surface area (Å²) in [5, 5.41) is 26.3. The molecule has 3 N–H and O–H groups in total. The van der Waals surface area contributed by atoms with E-state index in [1.165, 1.54) is 60.0 Å². The molecule has 19 nitrogen and oxygen atoms in total. The van der Waals surface area contributed by atoms with E-state index in [-0.39, 0.29) is 29.7 Å². The number of benzene rings is 1. The zero-order valence-corrected chi connectivity index (χ0v) is 38.0. The number of carbonyl (C=O) groups is 7. The van der Waals surface area contributed by atoms with Crippen LogP contribution < -0.4 is 5.32 Å². The highest BCUT2D eigenvalue weighted by Gasteiger charge is 2.83. The second-order valence-corrected chi connectivity index (χ2v) is 19.2. The smallest absolute Gasteiger partial charge is 0.454 e. The Balaban J connectivity index is 1.64. The minimum absolute atomic E-state index is 0.00767. The van der Waals surface area contributed by atoms with Crippen LogP contribution in [0.5, 0.6) is 0 Å². The van der Waals surface area contributed by atoms with Crippen LogP contribution in [0.3, 0.4) is 0 Å². The molecule has 0 radical (unpaired) electrons. The fourth-order valence-corrected chi connectivity index (χ4v) is 10.2. The number of rotatable bonds is 9. The number of fused-ring (bicyclic) bond motifs is 4. The van der Waals surface area contributed by atoms with Gasteiger partial charge in [-0.25, -0.2) is 24.0 Å². The molecule has 2 heterocycles. The summed E-state index contributed by atoms with van der Waals surface area (Å²) >= 11 is 0. The van der Waals surface area contributed by atoms with E-state index in [1.807, 2.05) is 0 Å². The number of aliphatic hydroxyl groups excluding tert-OH is 2. The Morgan fingerprint density at radius 1 is 0.984 bits per heavy atom. The molecule has 5 aliphatic rings. The topological polar surface area (TPSA) is 249 Å². The number of Topliss-reactive ketones (excluding diaryl/α,β-unsaturated/α-hetero) is 1. The number of ketones is 1. The van der Waals surface area contributed by atoms with Gasteiger partial charge >= 0.3 is 36.2 Å². The normalized spacial score (nSPS) is 33.2. The monoisotopic (exact) mass is 898 g/mol. The Morgan fingerprint density at radius 3 is 2.17 bits per heavy atom. The molecular weight excluding hydrogens is 840 g/mol. The second kappa shape index (κ2) is 16.8. The van der Waals surface area contributed by atoms with Gasteiger partial charge in [0.25, 0.3) is 0 Å². The summed E-state index contributed by atoms with van der Waals surface area (Å²) in [7, 11) is 2.75. The molecular formula is C45H58N2O17. The number of aliphatic hydroxyl groups is 2. The average Bonchev–Trinajstić information content (AvgIpc) is 3.55. The van der Waals surface area contributed by atoms with Gasteiger partial charge in [-0.1, -0.05) is 43.7 Å². The van der Waals surface area contributed by atoms with Crippen molar-refractivity contribution in [2.24, 2.45) is 16.7 Å². The fourth-order valence-electron chi connectivity index (χ4n) is 10.2. The Labute approximate surface area is 370 Å². The molecule has 12 atom stereocenters. The zero-order valence-electron chi connectivity index (χ0n) is 38.0. The van der Waals surface area contributed by atoms with Gasteiger partial charge in [0.05, 0.1) is 35.6 Å². The minimum atomic E-state index is -2.40. The molecule has 4 fully saturated rings. The Hall–Kier alpha value is -5.53. The number of nitrogens with zero attached hydrogens (tertiary/aromatic N) is 1. The number of allylic oxidation sites excluding steroid dienone is 1. The number of hydrogen-bond acceptors (Lipinski definition) is 17. The van der Waals surface area contributed by atoms with E-state index in [0.29, 0.717) is 5.57 Å². The van der Waals surface area contributed by atoms with Crippen molar-refractivity contribution in [1.82, 2.24) is 10.2 Å². The third-order valence-corrected chi connectivity index (χ3v) is 13.0. The quantitative estimate of drug-likeness (QED) is 0.182. The lowest BCUT2D eigenvalue weighted by molar-refractivity contribution is -0.345. The van der Waals surface area contributed by atoms with Crippen molar-refractivity contribution < 1.29 is 81.7 Å². The molecule has 1 unspecified atom stereocenters. The Morgan fingerprint density at radius 2 is 1.62 bits per heavy atom. The van der Waals surface area contributed by atoms with Crippen molar-refractivity contribution in [3.8, 4) is 0 Å². The van der Waals surface area contributed by atoms with Crippen LogP contribution in [0.15, 0.2) is 53.1 Å². The molecule has 1 aromatic carbocycles. The van der Waals surface area contributed by atoms with E-state index in [1.54, 1.807) is 52.8 Å². The van der Waals surface area contributed by atoms with Crippen LogP contribution in [0.4, 0.5) is 14.4 Å². The zero-order chi connectivity index (χ0) is 47.6. The van der Waals surface area contributed by atoms with Gasteiger partial charge in [0.15, 0.2) is 41.9 Å². The summed E-state index contributed by atoms with van der Waals surface area (Å²) in [4.78, 5) is 99.5. The summed E-state index contributed by atoms with van der Waals surface area (Å²) in [5.74, 6) is -5.76. The number of alkyl carbamates (subject to hydrolysis) is 1. The Kier molecular flexibility index (Phi) is 12.6. The molecule has 350 valence electrons. The molecule has 64 heavy (non-hydrogen) atoms. The number of nitrogens with one attached hydrogen (secondary N) is 1. The van der Waals surface area contributed by atoms with Crippen LogP contribution in [-0.4, -0.2) is 143 Å². The summed E-state index contributed by atoms with van der Waals surface area (Å²) in [5.41, 5.74) is -8.64. The second-order valence-electron chi connectivity index (χ2n) is 19.2. The first kappa shape index (κ1) is 47.9. The van der Waals surface area contributed by atoms with Gasteiger partial charge in [-0.2, -0.15) is 0 Å². The van der Waals surface area contributed by atoms with E-state index < -0.39 is 124 Å². The van der Waals surface area contributed by atoms with Gasteiger partial charge in [0, 0.05) is 32.9 Å². The summed E-state index contributed by atoms with van der Waals surface area (Å²) in [6.07, 6.45) is -14.5. The molecule has 19 heteroatoms. The first-order valence-corrected chi connectivity index (χ1v) is 20.9. The van der Waals surface area contributed by atoms with Crippen molar-refractivity contribution >= 4 is 42.0 Å². The molecule has 2 saturated heterocycles. The van der Waals surface area contributed by atoms with Crippen molar-refractivity contribution in [2.45, 2.75) is 141 Å². The van der Waals surface area contributed by atoms with Gasteiger partial charge in [-0.3, -0.25) is 9.59 Å². The van der Waals surface area contributed by atoms with Crippen LogP contribution in [0.25, 0.3) is 0 Å². The lowest BCUT2D eigenvalue weighted by Crippen LogP contribution is -2.83. The van der Waals surface area contributed by atoms with E-state index in [2.05, 4.69) is 5.32 Å². The van der Waals surface area contributed by atoms with Gasteiger partial charge in [-0.15, -0.1) is 0 Å². The van der Waals surface area contributed by atoms with Crippen molar-refractivity contribution in [2.75, 3.05) is 20.7 Å². The standard InChI is InChI=1S/C45H58N2O17/c1-21(2)18-25(46-38(54)63-41(5,6)7)29(50)37(53)58-30-22(3)28-31(59-39(55)47(11)12)33(51)43(10)26(49)19-27-44(20-57-27,62-23(4)48)32(43)35(60-36(52)24-16-14-13-15-17-24)45(42(28,8)9)34(30)61-40(56)64-45/h13-18,25-27,29-32,34-35,49-50H,19-20H2,1-12H3,(H,46,54)/t25-,26-,27+,29+,30+,31+,32?,34-,35-,43+,44-,45+/m0/s1. The third kappa shape index (κ3) is 7.88. The maximum Gasteiger partial charge on any atom is 0.509 e. The highest BCUT2D eigenvalue weighted by molar-refractivity contribution is 5.96. The molecule has 1 spiro atoms. The molecule has 2 saturated carbocycles. The lowest BCUT2D eigenvalue weighted by Gasteiger charge is -2.67. The van der Waals surface area contributed by atoms with E-state index in [4.69, 9.17) is 37.9 Å². The van der Waals surface area contributed by atoms with E-state index in [0.717, 1.165) is 11.8 Å². The lowest BCUT2D eigenvalue weighted by atomic mass is 9.44. The summed E-state index contributed by atoms with van der Waals surface area (Å²) in [6.45, 7) is 14.8. The van der Waals surface area contributed by atoms with Crippen LogP contribution >= 0.6 is 0 Å². The predicted octanol–water partition coefficient (Wildman–Crippen LogP) is 3.71. The molecule has 1 aromatic rings. The molecule has 2 amide bonds. The Bertz CT molecular complexity index is 2160. The van der Waals surface area contributed by atoms with Crippen LogP contribution in [0, 0.1) is 16.7 Å². The summed E-state index contributed by atoms with van der Waals surface area (Å²) in [6, 6.07) is 6.27. The number of carbonyl (C=O) groups excluding carboxylic acids is 7. The molecule has 6 rings (SSSR count). The SMILES string of the molecule is CC(=O)O[C@@]12CO[C@@H]1C[C@H](O)[C@@]1(C)C(=O)[C@H](OC(=O)N(C)C)C3=C(C)[C@@H](OC(=O)[C@H](O)[C@H](C=C(C)C)NC(=O)OC(C)(C)C)[C@@H]4OC(=O)O[C@]4([C@@H](OC(=O)c4ccccc4)C12)C3(C)C. The van der Waals surface area contributed by atoms with Crippen molar-refractivity contribution in [3.05, 3.63) is 58.7 Å². The minimum Gasteiger partial charge on any atom is -0.454 e. The van der Waals surface area contributed by atoms with Gasteiger partial charge in [0.2, 0.25) is 5.60 Å². The largest absolute Gasteiger partial charge is 0.509 e. The molecule has 2 bridgehead atoms. The summed E-state index contributed by atoms with van der Waals surface area (Å²) < 4.78 is 48.4. The number of esters is 3. The van der Waals surface area contributed by atoms with Gasteiger partial charge in [-0.05, 0) is 71.7 Å². The number of hydrogen-bond donors (Lipinski definition) is 3. The van der Waals surface area contributed by atoms with Crippen LogP contribution in [0.1, 0.15) is 86.0 Å². The maximum atomic E-state index is 15.8. The van der Waals surface area contributed by atoms with Crippen LogP contribution in [0.2, 0.25) is 0 Å². The molecule has 3 aliphatic carbocycles. The first-order chi connectivity index (χ1) is 29.6. The highest BCUT2D eigenvalue weighted by Crippen LogP contribution is 2.67. The molecule has 2 aliphatic heterocycles. The van der Waals surface area contributed by atoms with Gasteiger partial charge < -0.3 is 58.3 Å².